The monoisotopic (exact) mass is 352 g/mol. The molecule has 4 heteroatoms. The molecule has 0 fully saturated rings. The van der Waals surface area contributed by atoms with Gasteiger partial charge in [0.25, 0.3) is 0 Å². The molecule has 0 N–H and O–H groups in total. The van der Waals surface area contributed by atoms with Crippen molar-refractivity contribution in [1.29, 1.82) is 0 Å². The summed E-state index contributed by atoms with van der Waals surface area (Å²) in [7, 11) is 1.39. The van der Waals surface area contributed by atoms with Gasteiger partial charge in [0.15, 0.2) is 0 Å². The van der Waals surface area contributed by atoms with Crippen molar-refractivity contribution in [3.8, 4) is 11.1 Å². The summed E-state index contributed by atoms with van der Waals surface area (Å²) < 4.78 is 4.69. The normalized spacial score (nSPS) is 10.3. The number of hydrogen-bond donors (Lipinski definition) is 0. The summed E-state index contributed by atoms with van der Waals surface area (Å²) in [6.07, 6.45) is 0.264. The molecule has 0 amide bonds. The summed E-state index contributed by atoms with van der Waals surface area (Å²) in [5.74, 6) is -0.248. The third kappa shape index (κ3) is 3.41. The first-order valence-electron chi connectivity index (χ1n) is 6.15. The van der Waals surface area contributed by atoms with Gasteiger partial charge in [0.2, 0.25) is 0 Å². The molecule has 20 heavy (non-hydrogen) atoms. The van der Waals surface area contributed by atoms with Gasteiger partial charge < -0.3 is 4.74 Å². The summed E-state index contributed by atoms with van der Waals surface area (Å²) >= 11 is 9.83. The maximum atomic E-state index is 11.3. The number of carbonyl (C=O) groups is 1. The predicted molar refractivity (Wildman–Crippen MR) is 85.2 cm³/mol. The highest BCUT2D eigenvalue weighted by Gasteiger charge is 2.09. The number of ether oxygens (including phenoxy) is 1. The molecule has 104 valence electrons. The van der Waals surface area contributed by atoms with Crippen molar-refractivity contribution in [1.82, 2.24) is 0 Å². The molecule has 0 aromatic heterocycles. The molecule has 0 spiro atoms. The number of esters is 1. The minimum atomic E-state index is -0.248. The number of halogens is 2. The molecule has 0 saturated heterocycles. The van der Waals surface area contributed by atoms with Crippen LogP contribution in [0, 0.1) is 0 Å². The summed E-state index contributed by atoms with van der Waals surface area (Å²) in [6, 6.07) is 13.7. The molecule has 0 bridgehead atoms. The van der Waals surface area contributed by atoms with Crippen LogP contribution in [0.15, 0.2) is 42.5 Å². The Morgan fingerprint density at radius 1 is 1.25 bits per heavy atom. The molecule has 2 aromatic carbocycles. The lowest BCUT2D eigenvalue weighted by Crippen LogP contribution is -2.04. The molecule has 0 saturated carbocycles. The maximum Gasteiger partial charge on any atom is 0.309 e. The Hall–Kier alpha value is -1.32. The summed E-state index contributed by atoms with van der Waals surface area (Å²) in [5, 5.41) is 1.45. The SMILES string of the molecule is COC(=O)Cc1cccc(-c2cccc(CBr)c2Cl)c1. The van der Waals surface area contributed by atoms with E-state index >= 15 is 0 Å². The Balaban J connectivity index is 2.38. The van der Waals surface area contributed by atoms with Crippen LogP contribution in [0.25, 0.3) is 11.1 Å². The van der Waals surface area contributed by atoms with E-state index in [1.54, 1.807) is 0 Å². The molecule has 0 aliphatic heterocycles. The standard InChI is InChI=1S/C16H14BrClO2/c1-20-15(19)9-11-4-2-5-12(8-11)14-7-3-6-13(10-17)16(14)18/h2-8H,9-10H2,1H3. The van der Waals surface area contributed by atoms with Crippen LogP contribution in [-0.2, 0) is 21.3 Å². The lowest BCUT2D eigenvalue weighted by Gasteiger charge is -2.09. The third-order valence-electron chi connectivity index (χ3n) is 3.04. The van der Waals surface area contributed by atoms with E-state index in [0.29, 0.717) is 5.33 Å². The first kappa shape index (κ1) is 15.1. The largest absolute Gasteiger partial charge is 0.469 e. The van der Waals surface area contributed by atoms with Crippen LogP contribution >= 0.6 is 27.5 Å². The third-order valence-corrected chi connectivity index (χ3v) is 4.09. The van der Waals surface area contributed by atoms with E-state index in [4.69, 9.17) is 11.6 Å². The van der Waals surface area contributed by atoms with Crippen molar-refractivity contribution in [2.45, 2.75) is 11.8 Å². The first-order chi connectivity index (χ1) is 9.65. The van der Waals surface area contributed by atoms with Gasteiger partial charge in [-0.3, -0.25) is 4.79 Å². The fourth-order valence-corrected chi connectivity index (χ4v) is 2.92. The van der Waals surface area contributed by atoms with Crippen molar-refractivity contribution in [3.63, 3.8) is 0 Å². The maximum absolute atomic E-state index is 11.3. The van der Waals surface area contributed by atoms with Crippen LogP contribution in [0.4, 0.5) is 0 Å². The fraction of sp³-hybridized carbons (Fsp3) is 0.188. The van der Waals surface area contributed by atoms with E-state index in [2.05, 4.69) is 20.7 Å². The molecular formula is C16H14BrClO2. The molecule has 0 heterocycles. The van der Waals surface area contributed by atoms with Crippen molar-refractivity contribution in [2.75, 3.05) is 7.11 Å². The highest BCUT2D eigenvalue weighted by Crippen LogP contribution is 2.32. The number of rotatable bonds is 4. The van der Waals surface area contributed by atoms with E-state index in [-0.39, 0.29) is 12.4 Å². The van der Waals surface area contributed by atoms with Crippen LogP contribution in [0.3, 0.4) is 0 Å². The lowest BCUT2D eigenvalue weighted by atomic mass is 10.0. The second kappa shape index (κ2) is 6.91. The van der Waals surface area contributed by atoms with Gasteiger partial charge in [0.05, 0.1) is 18.6 Å². The quantitative estimate of drug-likeness (QED) is 0.592. The zero-order chi connectivity index (χ0) is 14.5. The van der Waals surface area contributed by atoms with E-state index in [1.165, 1.54) is 7.11 Å². The van der Waals surface area contributed by atoms with Crippen molar-refractivity contribution in [2.24, 2.45) is 0 Å². The zero-order valence-electron chi connectivity index (χ0n) is 11.0. The molecule has 0 radical (unpaired) electrons. The summed E-state index contributed by atoms with van der Waals surface area (Å²) in [4.78, 5) is 11.3. The number of benzene rings is 2. The Morgan fingerprint density at radius 2 is 2.00 bits per heavy atom. The summed E-state index contributed by atoms with van der Waals surface area (Å²) in [5.41, 5.74) is 3.92. The smallest absolute Gasteiger partial charge is 0.309 e. The van der Waals surface area contributed by atoms with E-state index in [0.717, 1.165) is 27.3 Å². The first-order valence-corrected chi connectivity index (χ1v) is 7.65. The van der Waals surface area contributed by atoms with E-state index < -0.39 is 0 Å². The lowest BCUT2D eigenvalue weighted by molar-refractivity contribution is -0.139. The second-order valence-electron chi connectivity index (χ2n) is 4.37. The van der Waals surface area contributed by atoms with Crippen LogP contribution in [0.5, 0.6) is 0 Å². The minimum Gasteiger partial charge on any atom is -0.469 e. The van der Waals surface area contributed by atoms with Gasteiger partial charge in [-0.25, -0.2) is 0 Å². The van der Waals surface area contributed by atoms with Gasteiger partial charge in [0.1, 0.15) is 0 Å². The number of carbonyl (C=O) groups excluding carboxylic acids is 1. The second-order valence-corrected chi connectivity index (χ2v) is 5.30. The Bertz CT molecular complexity index is 626. The van der Waals surface area contributed by atoms with Gasteiger partial charge >= 0.3 is 5.97 Å². The van der Waals surface area contributed by atoms with Crippen molar-refractivity contribution >= 4 is 33.5 Å². The van der Waals surface area contributed by atoms with Crippen LogP contribution in [0.2, 0.25) is 5.02 Å². The molecule has 2 aromatic rings. The molecule has 0 unspecified atom stereocenters. The molecule has 2 nitrogen and oxygen atoms in total. The minimum absolute atomic E-state index is 0.248. The topological polar surface area (TPSA) is 26.3 Å². The Labute approximate surface area is 131 Å². The van der Waals surface area contributed by atoms with Gasteiger partial charge in [-0.15, -0.1) is 0 Å². The number of alkyl halides is 1. The van der Waals surface area contributed by atoms with Gasteiger partial charge in [-0.1, -0.05) is 70.0 Å². The average Bonchev–Trinajstić information content (AvgIpc) is 2.47. The Kier molecular flexibility index (Phi) is 5.21. The highest BCUT2D eigenvalue weighted by molar-refractivity contribution is 9.08. The predicted octanol–water partition coefficient (Wildman–Crippen LogP) is 4.62. The average molecular weight is 354 g/mol. The molecule has 0 atom stereocenters. The van der Waals surface area contributed by atoms with Crippen molar-refractivity contribution < 1.29 is 9.53 Å². The van der Waals surface area contributed by atoms with Crippen LogP contribution in [-0.4, -0.2) is 13.1 Å². The number of hydrogen-bond acceptors (Lipinski definition) is 2. The molecule has 2 rings (SSSR count). The zero-order valence-corrected chi connectivity index (χ0v) is 13.4. The highest BCUT2D eigenvalue weighted by atomic mass is 79.9. The fourth-order valence-electron chi connectivity index (χ4n) is 1.99. The van der Waals surface area contributed by atoms with Crippen molar-refractivity contribution in [3.05, 3.63) is 58.6 Å². The van der Waals surface area contributed by atoms with E-state index in [1.807, 2.05) is 42.5 Å². The Morgan fingerprint density at radius 3 is 2.70 bits per heavy atom. The van der Waals surface area contributed by atoms with Gasteiger partial charge in [-0.05, 0) is 16.7 Å². The molecular weight excluding hydrogens is 340 g/mol. The molecule has 0 aliphatic carbocycles. The van der Waals surface area contributed by atoms with Crippen LogP contribution in [0.1, 0.15) is 11.1 Å². The summed E-state index contributed by atoms with van der Waals surface area (Å²) in [6.45, 7) is 0. The number of methoxy groups -OCH3 is 1. The van der Waals surface area contributed by atoms with E-state index in [9.17, 15) is 4.79 Å². The molecule has 0 aliphatic rings. The van der Waals surface area contributed by atoms with Gasteiger partial charge in [0, 0.05) is 10.9 Å². The van der Waals surface area contributed by atoms with Crippen LogP contribution < -0.4 is 0 Å². The van der Waals surface area contributed by atoms with Gasteiger partial charge in [-0.2, -0.15) is 0 Å².